The summed E-state index contributed by atoms with van der Waals surface area (Å²) in [6.07, 6.45) is 5.74. The smallest absolute Gasteiger partial charge is 0.311 e. The maximum Gasteiger partial charge on any atom is 0.311 e. The Labute approximate surface area is 145 Å². The van der Waals surface area contributed by atoms with Crippen molar-refractivity contribution in [1.29, 1.82) is 0 Å². The van der Waals surface area contributed by atoms with E-state index < -0.39 is 0 Å². The molecule has 2 heterocycles. The highest BCUT2D eigenvalue weighted by Gasteiger charge is 2.50. The predicted octanol–water partition coefficient (Wildman–Crippen LogP) is 3.56. The maximum atomic E-state index is 12.8. The maximum absolute atomic E-state index is 12.8. The van der Waals surface area contributed by atoms with Crippen LogP contribution in [0.25, 0.3) is 0 Å². The number of hydrogen-bond donors (Lipinski definition) is 0. The number of carbonyl (C=O) groups excluding carboxylic acids is 1. The molecule has 0 amide bonds. The number of carbonyl (C=O) groups is 1. The summed E-state index contributed by atoms with van der Waals surface area (Å²) in [6.45, 7) is 0. The Kier molecular flexibility index (Phi) is 3.93. The molecule has 3 fully saturated rings. The van der Waals surface area contributed by atoms with Crippen molar-refractivity contribution in [2.75, 3.05) is 7.05 Å². The topological polar surface area (TPSA) is 29.5 Å². The minimum absolute atomic E-state index is 0.00408. The third kappa shape index (κ3) is 2.68. The zero-order valence-electron chi connectivity index (χ0n) is 12.9. The molecule has 4 atom stereocenters. The fourth-order valence-corrected chi connectivity index (χ4v) is 4.63. The molecule has 4 rings (SSSR count). The van der Waals surface area contributed by atoms with Crippen LogP contribution in [-0.4, -0.2) is 36.1 Å². The van der Waals surface area contributed by atoms with Gasteiger partial charge in [0.05, 0.1) is 5.92 Å². The lowest BCUT2D eigenvalue weighted by Gasteiger charge is -2.42. The second kappa shape index (κ2) is 5.78. The highest BCUT2D eigenvalue weighted by atomic mass is 127. The Bertz CT molecular complexity index is 569. The Morgan fingerprint density at radius 3 is 2.59 bits per heavy atom. The molecule has 0 radical (unpaired) electrons. The number of ether oxygens (including phenoxy) is 1. The van der Waals surface area contributed by atoms with E-state index >= 15 is 0 Å². The van der Waals surface area contributed by atoms with Gasteiger partial charge in [0.25, 0.3) is 0 Å². The third-order valence-electron chi connectivity index (χ3n) is 5.65. The van der Waals surface area contributed by atoms with Crippen LogP contribution >= 0.6 is 22.6 Å². The van der Waals surface area contributed by atoms with E-state index in [0.717, 1.165) is 25.7 Å². The molecule has 3 nitrogen and oxygen atoms in total. The lowest BCUT2D eigenvalue weighted by molar-refractivity contribution is -0.154. The normalized spacial score (nSPS) is 34.6. The molecule has 2 aliphatic heterocycles. The largest absolute Gasteiger partial charge is 0.462 e. The van der Waals surface area contributed by atoms with Gasteiger partial charge in [0, 0.05) is 21.6 Å². The summed E-state index contributed by atoms with van der Waals surface area (Å²) >= 11 is 2.33. The van der Waals surface area contributed by atoms with Gasteiger partial charge >= 0.3 is 5.97 Å². The van der Waals surface area contributed by atoms with Gasteiger partial charge in [0.1, 0.15) is 6.10 Å². The van der Waals surface area contributed by atoms with Gasteiger partial charge < -0.3 is 4.74 Å². The average molecular weight is 411 g/mol. The van der Waals surface area contributed by atoms with E-state index in [0.29, 0.717) is 18.0 Å². The van der Waals surface area contributed by atoms with Crippen LogP contribution in [0.4, 0.5) is 0 Å². The number of fused-ring (bicyclic) bond motifs is 2. The summed E-state index contributed by atoms with van der Waals surface area (Å²) in [5, 5.41) is 0. The zero-order valence-corrected chi connectivity index (χ0v) is 15.0. The Hall–Kier alpha value is -0.620. The molecule has 4 heteroatoms. The van der Waals surface area contributed by atoms with E-state index in [1.807, 2.05) is 0 Å². The van der Waals surface area contributed by atoms with Crippen LogP contribution in [0, 0.1) is 9.49 Å². The van der Waals surface area contributed by atoms with E-state index in [1.165, 1.54) is 15.6 Å². The van der Waals surface area contributed by atoms with E-state index in [1.54, 1.807) is 0 Å². The van der Waals surface area contributed by atoms with Crippen LogP contribution in [0.1, 0.15) is 43.6 Å². The second-order valence-electron chi connectivity index (χ2n) is 7.02. The summed E-state index contributed by atoms with van der Waals surface area (Å²) in [4.78, 5) is 15.2. The fraction of sp³-hybridized carbons (Fsp3) is 0.611. The van der Waals surface area contributed by atoms with Gasteiger partial charge in [-0.25, -0.2) is 0 Å². The highest BCUT2D eigenvalue weighted by Crippen LogP contribution is 2.47. The van der Waals surface area contributed by atoms with Gasteiger partial charge in [-0.05, 0) is 79.4 Å². The van der Waals surface area contributed by atoms with Gasteiger partial charge in [-0.1, -0.05) is 12.1 Å². The minimum atomic E-state index is 0.00408. The van der Waals surface area contributed by atoms with Crippen molar-refractivity contribution >= 4 is 28.6 Å². The van der Waals surface area contributed by atoms with E-state index in [-0.39, 0.29) is 18.0 Å². The first kappa shape index (κ1) is 14.9. The molecule has 1 aromatic rings. The second-order valence-corrected chi connectivity index (χ2v) is 8.27. The van der Waals surface area contributed by atoms with Crippen LogP contribution in [0.15, 0.2) is 24.3 Å². The average Bonchev–Trinajstić information content (AvgIpc) is 3.27. The number of benzene rings is 1. The number of piperidine rings is 1. The van der Waals surface area contributed by atoms with Crippen molar-refractivity contribution in [3.05, 3.63) is 33.4 Å². The van der Waals surface area contributed by atoms with Crippen molar-refractivity contribution in [3.8, 4) is 0 Å². The van der Waals surface area contributed by atoms with Crippen LogP contribution in [-0.2, 0) is 9.53 Å². The number of esters is 1. The molecule has 22 heavy (non-hydrogen) atoms. The van der Waals surface area contributed by atoms with Crippen molar-refractivity contribution in [3.63, 3.8) is 0 Å². The molecule has 1 saturated carbocycles. The first-order chi connectivity index (χ1) is 10.6. The van der Waals surface area contributed by atoms with Crippen molar-refractivity contribution in [1.82, 2.24) is 4.90 Å². The van der Waals surface area contributed by atoms with Crippen LogP contribution in [0.2, 0.25) is 0 Å². The van der Waals surface area contributed by atoms with E-state index in [4.69, 9.17) is 4.74 Å². The number of rotatable bonds is 3. The van der Waals surface area contributed by atoms with Crippen LogP contribution < -0.4 is 0 Å². The first-order valence-corrected chi connectivity index (χ1v) is 9.39. The molecule has 0 aromatic heterocycles. The molecular formula is C18H22INO2. The molecule has 2 saturated heterocycles. The summed E-state index contributed by atoms with van der Waals surface area (Å²) in [5.74, 6) is 0.365. The standard InChI is InChI=1S/C18H22INO2/c1-20-13-6-9-16(20)17(18(21)22-14-7-8-14)15(10-13)11-2-4-12(19)5-3-11/h2-5,13-17H,6-10H2,1H3/t13-,15-,16?,17?/m1/s1. The van der Waals surface area contributed by atoms with Crippen molar-refractivity contribution in [2.24, 2.45) is 5.92 Å². The summed E-state index contributed by atoms with van der Waals surface area (Å²) < 4.78 is 6.95. The summed E-state index contributed by atoms with van der Waals surface area (Å²) in [7, 11) is 2.18. The fourth-order valence-electron chi connectivity index (χ4n) is 4.27. The van der Waals surface area contributed by atoms with Gasteiger partial charge in [0.2, 0.25) is 0 Å². The predicted molar refractivity (Wildman–Crippen MR) is 93.7 cm³/mol. The quantitative estimate of drug-likeness (QED) is 0.563. The molecular weight excluding hydrogens is 389 g/mol. The SMILES string of the molecule is CN1C2CC[C@@H]1C[C@H](c1ccc(I)cc1)C2C(=O)OC1CC1. The molecule has 0 spiro atoms. The Balaban J connectivity index is 1.64. The molecule has 118 valence electrons. The van der Waals surface area contributed by atoms with Gasteiger partial charge in [-0.2, -0.15) is 0 Å². The molecule has 1 aromatic carbocycles. The van der Waals surface area contributed by atoms with Gasteiger partial charge in [0.15, 0.2) is 0 Å². The van der Waals surface area contributed by atoms with Crippen LogP contribution in [0.5, 0.6) is 0 Å². The molecule has 1 aliphatic carbocycles. The van der Waals surface area contributed by atoms with Gasteiger partial charge in [-0.15, -0.1) is 0 Å². The summed E-state index contributed by atoms with van der Waals surface area (Å²) in [5.41, 5.74) is 1.31. The van der Waals surface area contributed by atoms with Crippen molar-refractivity contribution in [2.45, 2.75) is 56.2 Å². The Morgan fingerprint density at radius 2 is 1.91 bits per heavy atom. The third-order valence-corrected chi connectivity index (χ3v) is 6.37. The molecule has 2 unspecified atom stereocenters. The summed E-state index contributed by atoms with van der Waals surface area (Å²) in [6, 6.07) is 9.69. The lowest BCUT2D eigenvalue weighted by atomic mass is 9.76. The Morgan fingerprint density at radius 1 is 1.18 bits per heavy atom. The van der Waals surface area contributed by atoms with Crippen molar-refractivity contribution < 1.29 is 9.53 Å². The number of halogens is 1. The monoisotopic (exact) mass is 411 g/mol. The number of hydrogen-bond acceptors (Lipinski definition) is 3. The molecule has 3 aliphatic rings. The van der Waals surface area contributed by atoms with E-state index in [9.17, 15) is 4.79 Å². The molecule has 2 bridgehead atoms. The van der Waals surface area contributed by atoms with Crippen LogP contribution in [0.3, 0.4) is 0 Å². The van der Waals surface area contributed by atoms with E-state index in [2.05, 4.69) is 58.8 Å². The minimum Gasteiger partial charge on any atom is -0.462 e. The molecule has 0 N–H and O–H groups in total. The first-order valence-electron chi connectivity index (χ1n) is 8.31. The highest BCUT2D eigenvalue weighted by molar-refractivity contribution is 14.1. The number of nitrogens with zero attached hydrogens (tertiary/aromatic N) is 1. The lowest BCUT2D eigenvalue weighted by Crippen LogP contribution is -2.49. The zero-order chi connectivity index (χ0) is 15.3. The van der Waals surface area contributed by atoms with Gasteiger partial charge in [-0.3, -0.25) is 9.69 Å².